The summed E-state index contributed by atoms with van der Waals surface area (Å²) in [7, 11) is -2.67. The third-order valence-corrected chi connectivity index (χ3v) is 9.74. The minimum atomic E-state index is -4.16. The Balaban J connectivity index is 1.72. The number of benzene rings is 3. The number of amides is 2. The third kappa shape index (κ3) is 7.63. The molecular weight excluding hydrogens is 574 g/mol. The van der Waals surface area contributed by atoms with Crippen LogP contribution in [0.25, 0.3) is 0 Å². The first-order valence-corrected chi connectivity index (χ1v) is 16.1. The van der Waals surface area contributed by atoms with E-state index in [4.69, 9.17) is 16.3 Å². The summed E-state index contributed by atoms with van der Waals surface area (Å²) in [6.45, 7) is 1.37. The number of ether oxygens (including phenoxy) is 1. The first-order chi connectivity index (χ1) is 20.2. The molecule has 0 aliphatic heterocycles. The van der Waals surface area contributed by atoms with E-state index in [1.165, 1.54) is 24.1 Å². The number of nitrogens with zero attached hydrogens (tertiary/aromatic N) is 2. The summed E-state index contributed by atoms with van der Waals surface area (Å²) in [5, 5.41) is 3.61. The predicted octanol–water partition coefficient (Wildman–Crippen LogP) is 5.80. The fraction of sp³-hybridized carbons (Fsp3) is 0.375. The quantitative estimate of drug-likeness (QED) is 0.279. The molecule has 0 heterocycles. The van der Waals surface area contributed by atoms with E-state index in [9.17, 15) is 18.0 Å². The lowest BCUT2D eigenvalue weighted by Crippen LogP contribution is -2.54. The highest BCUT2D eigenvalue weighted by atomic mass is 35.5. The molecule has 1 aliphatic carbocycles. The van der Waals surface area contributed by atoms with Crippen molar-refractivity contribution in [1.82, 2.24) is 10.2 Å². The number of sulfonamides is 1. The van der Waals surface area contributed by atoms with Crippen molar-refractivity contribution in [2.24, 2.45) is 0 Å². The second kappa shape index (κ2) is 14.6. The minimum Gasteiger partial charge on any atom is -0.497 e. The number of carbonyl (C=O) groups excluding carboxylic acids is 2. The molecule has 2 amide bonds. The Hall–Kier alpha value is -3.56. The van der Waals surface area contributed by atoms with Gasteiger partial charge in [0.15, 0.2) is 0 Å². The molecule has 1 aliphatic rings. The molecule has 3 aromatic carbocycles. The van der Waals surface area contributed by atoms with E-state index in [-0.39, 0.29) is 29.1 Å². The van der Waals surface area contributed by atoms with Crippen molar-refractivity contribution in [1.29, 1.82) is 0 Å². The second-order valence-corrected chi connectivity index (χ2v) is 12.7. The molecule has 0 aromatic heterocycles. The molecule has 10 heteroatoms. The summed E-state index contributed by atoms with van der Waals surface area (Å²) in [4.78, 5) is 29.4. The summed E-state index contributed by atoms with van der Waals surface area (Å²) >= 11 is 6.49. The molecule has 0 saturated heterocycles. The van der Waals surface area contributed by atoms with E-state index in [2.05, 4.69) is 5.32 Å². The van der Waals surface area contributed by atoms with Crippen LogP contribution in [0.3, 0.4) is 0 Å². The molecule has 1 fully saturated rings. The number of anilines is 1. The highest BCUT2D eigenvalue weighted by Crippen LogP contribution is 2.28. The van der Waals surface area contributed by atoms with Gasteiger partial charge in [0.05, 0.1) is 17.7 Å². The van der Waals surface area contributed by atoms with Gasteiger partial charge in [0.2, 0.25) is 11.8 Å². The Labute approximate surface area is 253 Å². The normalized spacial score (nSPS) is 14.5. The molecule has 3 aromatic rings. The van der Waals surface area contributed by atoms with Crippen LogP contribution in [0.4, 0.5) is 5.69 Å². The first kappa shape index (κ1) is 31.4. The van der Waals surface area contributed by atoms with Gasteiger partial charge < -0.3 is 15.0 Å². The van der Waals surface area contributed by atoms with Crippen LogP contribution in [-0.2, 0) is 26.2 Å². The first-order valence-electron chi connectivity index (χ1n) is 14.3. The van der Waals surface area contributed by atoms with Crippen LogP contribution in [0.2, 0.25) is 5.02 Å². The third-order valence-electron chi connectivity index (χ3n) is 7.59. The molecule has 224 valence electrons. The van der Waals surface area contributed by atoms with Crippen molar-refractivity contribution >= 4 is 39.1 Å². The van der Waals surface area contributed by atoms with E-state index in [0.717, 1.165) is 36.4 Å². The molecule has 42 heavy (non-hydrogen) atoms. The Bertz CT molecular complexity index is 1460. The maximum atomic E-state index is 14.2. The lowest BCUT2D eigenvalue weighted by molar-refractivity contribution is -0.140. The van der Waals surface area contributed by atoms with Gasteiger partial charge in [-0.1, -0.05) is 80.3 Å². The van der Waals surface area contributed by atoms with Crippen LogP contribution >= 0.6 is 11.6 Å². The summed E-state index contributed by atoms with van der Waals surface area (Å²) in [5.74, 6) is -0.328. The topological polar surface area (TPSA) is 96.0 Å². The Morgan fingerprint density at radius 2 is 1.67 bits per heavy atom. The van der Waals surface area contributed by atoms with Gasteiger partial charge in [-0.2, -0.15) is 0 Å². The molecule has 0 bridgehead atoms. The molecule has 1 atom stereocenters. The van der Waals surface area contributed by atoms with Crippen LogP contribution < -0.4 is 14.4 Å². The molecular formula is C32H38ClN3O5S. The smallest absolute Gasteiger partial charge is 0.264 e. The van der Waals surface area contributed by atoms with E-state index < -0.39 is 28.5 Å². The van der Waals surface area contributed by atoms with Gasteiger partial charge in [0, 0.05) is 23.7 Å². The largest absolute Gasteiger partial charge is 0.497 e. The van der Waals surface area contributed by atoms with Crippen LogP contribution in [0, 0.1) is 0 Å². The monoisotopic (exact) mass is 611 g/mol. The number of methoxy groups -OCH3 is 1. The predicted molar refractivity (Wildman–Crippen MR) is 165 cm³/mol. The average Bonchev–Trinajstić information content (AvgIpc) is 3.01. The maximum absolute atomic E-state index is 14.2. The molecule has 0 radical (unpaired) electrons. The van der Waals surface area contributed by atoms with Gasteiger partial charge >= 0.3 is 0 Å². The van der Waals surface area contributed by atoms with Gasteiger partial charge in [-0.15, -0.1) is 0 Å². The zero-order valence-corrected chi connectivity index (χ0v) is 25.6. The number of hydrogen-bond donors (Lipinski definition) is 1. The van der Waals surface area contributed by atoms with Crippen molar-refractivity contribution in [2.75, 3.05) is 18.0 Å². The standard InChI is InChI=1S/C32H38ClN3O5S/c1-3-30(32(38)34-25-14-6-4-7-15-25)35(22-24-13-10-11-20-29(24)33)31(37)23-36(26-16-12-17-27(21-26)41-2)42(39,40)28-18-8-5-9-19-28/h5,8-13,16-21,25,30H,3-4,6-7,14-15,22-23H2,1-2H3,(H,34,38)/t30-/m0/s1. The number of hydrogen-bond acceptors (Lipinski definition) is 5. The number of rotatable bonds is 12. The zero-order chi connectivity index (χ0) is 30.1. The lowest BCUT2D eigenvalue weighted by Gasteiger charge is -2.34. The Kier molecular flexibility index (Phi) is 10.9. The van der Waals surface area contributed by atoms with Gasteiger partial charge in [-0.3, -0.25) is 13.9 Å². The average molecular weight is 612 g/mol. The number of halogens is 1. The van der Waals surface area contributed by atoms with Crippen LogP contribution in [0.5, 0.6) is 5.75 Å². The SMILES string of the molecule is CC[C@@H](C(=O)NC1CCCCC1)N(Cc1ccccc1Cl)C(=O)CN(c1cccc(OC)c1)S(=O)(=O)c1ccccc1. The summed E-state index contributed by atoms with van der Waals surface area (Å²) < 4.78 is 34.3. The maximum Gasteiger partial charge on any atom is 0.264 e. The Morgan fingerprint density at radius 1 is 0.976 bits per heavy atom. The van der Waals surface area contributed by atoms with Gasteiger partial charge in [0.1, 0.15) is 18.3 Å². The molecule has 0 spiro atoms. The lowest BCUT2D eigenvalue weighted by atomic mass is 9.95. The highest BCUT2D eigenvalue weighted by molar-refractivity contribution is 7.92. The second-order valence-electron chi connectivity index (χ2n) is 10.4. The minimum absolute atomic E-state index is 0.0420. The van der Waals surface area contributed by atoms with Crippen LogP contribution in [0.15, 0.2) is 83.8 Å². The molecule has 8 nitrogen and oxygen atoms in total. The zero-order valence-electron chi connectivity index (χ0n) is 24.0. The number of carbonyl (C=O) groups is 2. The van der Waals surface area contributed by atoms with Gasteiger partial charge in [0.25, 0.3) is 10.0 Å². The van der Waals surface area contributed by atoms with E-state index in [1.54, 1.807) is 60.7 Å². The van der Waals surface area contributed by atoms with E-state index in [0.29, 0.717) is 22.8 Å². The van der Waals surface area contributed by atoms with Gasteiger partial charge in [-0.05, 0) is 55.2 Å². The number of nitrogens with one attached hydrogen (secondary N) is 1. The van der Waals surface area contributed by atoms with Crippen molar-refractivity contribution in [3.8, 4) is 5.75 Å². The summed E-state index contributed by atoms with van der Waals surface area (Å²) in [6, 6.07) is 20.9. The highest BCUT2D eigenvalue weighted by Gasteiger charge is 2.34. The fourth-order valence-corrected chi connectivity index (χ4v) is 6.91. The molecule has 1 saturated carbocycles. The summed E-state index contributed by atoms with van der Waals surface area (Å²) in [5.41, 5.74) is 0.930. The molecule has 1 N–H and O–H groups in total. The fourth-order valence-electron chi connectivity index (χ4n) is 5.29. The van der Waals surface area contributed by atoms with E-state index in [1.807, 2.05) is 13.0 Å². The summed E-state index contributed by atoms with van der Waals surface area (Å²) in [6.07, 6.45) is 5.41. The van der Waals surface area contributed by atoms with Crippen LogP contribution in [-0.4, -0.2) is 50.9 Å². The van der Waals surface area contributed by atoms with Crippen molar-refractivity contribution in [3.63, 3.8) is 0 Å². The van der Waals surface area contributed by atoms with Crippen molar-refractivity contribution in [3.05, 3.63) is 89.4 Å². The molecule has 4 rings (SSSR count). The van der Waals surface area contributed by atoms with Gasteiger partial charge in [-0.25, -0.2) is 8.42 Å². The van der Waals surface area contributed by atoms with Crippen molar-refractivity contribution < 1.29 is 22.7 Å². The van der Waals surface area contributed by atoms with Crippen LogP contribution in [0.1, 0.15) is 51.0 Å². The van der Waals surface area contributed by atoms with Crippen molar-refractivity contribution in [2.45, 2.75) is 69.0 Å². The van der Waals surface area contributed by atoms with E-state index >= 15 is 0 Å². The Morgan fingerprint density at radius 3 is 2.33 bits per heavy atom. The molecule has 0 unspecified atom stereocenters.